The number of ether oxygens (including phenoxy) is 2. The van der Waals surface area contributed by atoms with Crippen molar-refractivity contribution in [3.63, 3.8) is 0 Å². The number of rotatable bonds is 9. The van der Waals surface area contributed by atoms with Crippen molar-refractivity contribution in [3.05, 3.63) is 93.3 Å². The molecule has 0 spiro atoms. The standard InChI is InChI=1S/C28H28ClN3O4/c1-18-24(27(33)31-15-7-11-20-9-4-5-13-23(20)35-3)26(21-10-6-12-22(29)17-21)25(19(2)32-18)28(34)36-16-8-14-30/h4-7,9-13,17,26,32H,8,15-16H2,1-3H3,(H,31,33)/b11-7+. The number of esters is 1. The second-order valence-electron chi connectivity index (χ2n) is 8.09. The number of hydrogen-bond acceptors (Lipinski definition) is 6. The Balaban J connectivity index is 1.88. The number of carbonyl (C=O) groups is 2. The predicted octanol–water partition coefficient (Wildman–Crippen LogP) is 4.87. The van der Waals surface area contributed by atoms with Crippen molar-refractivity contribution in [2.24, 2.45) is 0 Å². The van der Waals surface area contributed by atoms with Crippen LogP contribution >= 0.6 is 11.6 Å². The molecule has 0 bridgehead atoms. The number of nitrogens with zero attached hydrogens (tertiary/aromatic N) is 1. The Morgan fingerprint density at radius 3 is 2.61 bits per heavy atom. The maximum absolute atomic E-state index is 13.4. The molecule has 7 nitrogen and oxygen atoms in total. The van der Waals surface area contributed by atoms with Gasteiger partial charge in [-0.2, -0.15) is 5.26 Å². The van der Waals surface area contributed by atoms with Gasteiger partial charge in [0.15, 0.2) is 0 Å². The van der Waals surface area contributed by atoms with Crippen LogP contribution in [0.1, 0.15) is 37.3 Å². The topological polar surface area (TPSA) is 100 Å². The fourth-order valence-corrected chi connectivity index (χ4v) is 4.29. The molecule has 2 aromatic carbocycles. The summed E-state index contributed by atoms with van der Waals surface area (Å²) in [5.74, 6) is -0.882. The van der Waals surface area contributed by atoms with Gasteiger partial charge in [0.2, 0.25) is 5.91 Å². The van der Waals surface area contributed by atoms with Gasteiger partial charge in [0.25, 0.3) is 0 Å². The average Bonchev–Trinajstić information content (AvgIpc) is 2.86. The van der Waals surface area contributed by atoms with E-state index in [0.717, 1.165) is 11.3 Å². The number of amides is 1. The monoisotopic (exact) mass is 505 g/mol. The van der Waals surface area contributed by atoms with Crippen molar-refractivity contribution in [2.75, 3.05) is 20.3 Å². The van der Waals surface area contributed by atoms with Gasteiger partial charge in [0, 0.05) is 34.1 Å². The summed E-state index contributed by atoms with van der Waals surface area (Å²) in [5.41, 5.74) is 3.46. The summed E-state index contributed by atoms with van der Waals surface area (Å²) in [4.78, 5) is 26.5. The third-order valence-corrected chi connectivity index (χ3v) is 5.91. The lowest BCUT2D eigenvalue weighted by Crippen LogP contribution is -2.36. The number of nitriles is 1. The van der Waals surface area contributed by atoms with Gasteiger partial charge in [0.1, 0.15) is 12.4 Å². The molecule has 1 atom stereocenters. The molecule has 0 aromatic heterocycles. The Kier molecular flexibility index (Phi) is 9.32. The molecule has 186 valence electrons. The molecule has 0 saturated carbocycles. The third kappa shape index (κ3) is 6.35. The highest BCUT2D eigenvalue weighted by molar-refractivity contribution is 6.30. The highest BCUT2D eigenvalue weighted by Gasteiger charge is 2.37. The Bertz CT molecular complexity index is 1270. The zero-order valence-corrected chi connectivity index (χ0v) is 21.2. The number of halogens is 1. The van der Waals surface area contributed by atoms with Gasteiger partial charge < -0.3 is 20.1 Å². The van der Waals surface area contributed by atoms with Crippen LogP contribution in [0, 0.1) is 11.3 Å². The number of hydrogen-bond donors (Lipinski definition) is 2. The van der Waals surface area contributed by atoms with E-state index in [1.54, 1.807) is 39.2 Å². The maximum atomic E-state index is 13.4. The fourth-order valence-electron chi connectivity index (χ4n) is 4.09. The molecule has 1 aliphatic heterocycles. The first-order valence-corrected chi connectivity index (χ1v) is 11.8. The summed E-state index contributed by atoms with van der Waals surface area (Å²) in [7, 11) is 1.61. The highest BCUT2D eigenvalue weighted by Crippen LogP contribution is 2.39. The van der Waals surface area contributed by atoms with E-state index in [4.69, 9.17) is 26.3 Å². The van der Waals surface area contributed by atoms with Gasteiger partial charge in [-0.3, -0.25) is 4.79 Å². The van der Waals surface area contributed by atoms with E-state index in [-0.39, 0.29) is 25.5 Å². The molecule has 0 saturated heterocycles. The Labute approximate surface area is 216 Å². The van der Waals surface area contributed by atoms with Crippen LogP contribution < -0.4 is 15.4 Å². The lowest BCUT2D eigenvalue weighted by molar-refractivity contribution is -0.139. The van der Waals surface area contributed by atoms with Gasteiger partial charge >= 0.3 is 5.97 Å². The highest BCUT2D eigenvalue weighted by atomic mass is 35.5. The van der Waals surface area contributed by atoms with Crippen LogP contribution in [-0.2, 0) is 14.3 Å². The van der Waals surface area contributed by atoms with Crippen LogP contribution in [0.2, 0.25) is 5.02 Å². The average molecular weight is 506 g/mol. The lowest BCUT2D eigenvalue weighted by Gasteiger charge is -2.31. The van der Waals surface area contributed by atoms with E-state index in [1.807, 2.05) is 48.6 Å². The van der Waals surface area contributed by atoms with Gasteiger partial charge in [-0.15, -0.1) is 0 Å². The normalized spacial score (nSPS) is 15.4. The smallest absolute Gasteiger partial charge is 0.336 e. The van der Waals surface area contributed by atoms with Crippen LogP contribution in [0.25, 0.3) is 6.08 Å². The molecular formula is C28H28ClN3O4. The Morgan fingerprint density at radius 1 is 1.14 bits per heavy atom. The largest absolute Gasteiger partial charge is 0.496 e. The van der Waals surface area contributed by atoms with Crippen LogP contribution in [0.3, 0.4) is 0 Å². The van der Waals surface area contributed by atoms with E-state index >= 15 is 0 Å². The van der Waals surface area contributed by atoms with Crippen molar-refractivity contribution < 1.29 is 19.1 Å². The van der Waals surface area contributed by atoms with Crippen LogP contribution in [0.4, 0.5) is 0 Å². The summed E-state index contributed by atoms with van der Waals surface area (Å²) >= 11 is 6.26. The molecule has 0 aliphatic carbocycles. The fraction of sp³-hybridized carbons (Fsp3) is 0.250. The summed E-state index contributed by atoms with van der Waals surface area (Å²) in [6.45, 7) is 3.78. The van der Waals surface area contributed by atoms with E-state index in [0.29, 0.717) is 33.1 Å². The zero-order chi connectivity index (χ0) is 26.1. The SMILES string of the molecule is COc1ccccc1/C=C/CNC(=O)C1=C(C)NC(C)=C(C(=O)OCCC#N)C1c1cccc(Cl)c1. The minimum Gasteiger partial charge on any atom is -0.496 e. The van der Waals surface area contributed by atoms with E-state index < -0.39 is 11.9 Å². The minimum atomic E-state index is -0.697. The summed E-state index contributed by atoms with van der Waals surface area (Å²) in [6.07, 6.45) is 3.78. The van der Waals surface area contributed by atoms with Crippen LogP contribution in [0.5, 0.6) is 5.75 Å². The van der Waals surface area contributed by atoms with E-state index in [2.05, 4.69) is 10.6 Å². The predicted molar refractivity (Wildman–Crippen MR) is 139 cm³/mol. The van der Waals surface area contributed by atoms with Crippen molar-refractivity contribution in [1.82, 2.24) is 10.6 Å². The number of carbonyl (C=O) groups excluding carboxylic acids is 2. The molecule has 1 unspecified atom stereocenters. The first kappa shape index (κ1) is 26.6. The number of methoxy groups -OCH3 is 1. The van der Waals surface area contributed by atoms with Crippen molar-refractivity contribution >= 4 is 29.6 Å². The first-order chi connectivity index (χ1) is 17.4. The van der Waals surface area contributed by atoms with E-state index in [1.165, 1.54) is 0 Å². The second-order valence-corrected chi connectivity index (χ2v) is 8.53. The lowest BCUT2D eigenvalue weighted by atomic mass is 9.80. The number of para-hydroxylation sites is 1. The zero-order valence-electron chi connectivity index (χ0n) is 20.4. The van der Waals surface area contributed by atoms with Gasteiger partial charge in [-0.25, -0.2) is 4.79 Å². The summed E-state index contributed by atoms with van der Waals surface area (Å²) in [6, 6.07) is 16.6. The molecule has 8 heteroatoms. The number of allylic oxidation sites excluding steroid dienone is 2. The van der Waals surface area contributed by atoms with E-state index in [9.17, 15) is 9.59 Å². The molecule has 1 amide bonds. The molecule has 0 fully saturated rings. The third-order valence-electron chi connectivity index (χ3n) is 5.67. The molecular weight excluding hydrogens is 478 g/mol. The number of dihydropyridines is 1. The van der Waals surface area contributed by atoms with Gasteiger partial charge in [-0.1, -0.05) is 54.1 Å². The van der Waals surface area contributed by atoms with Gasteiger partial charge in [-0.05, 0) is 37.6 Å². The quantitative estimate of drug-likeness (QED) is 0.372. The van der Waals surface area contributed by atoms with Crippen LogP contribution in [0.15, 0.2) is 77.1 Å². The van der Waals surface area contributed by atoms with Crippen molar-refractivity contribution in [1.29, 1.82) is 5.26 Å². The maximum Gasteiger partial charge on any atom is 0.336 e. The minimum absolute atomic E-state index is 0.0354. The molecule has 3 rings (SSSR count). The Hall–Kier alpha value is -4.02. The first-order valence-electron chi connectivity index (χ1n) is 11.4. The molecule has 2 aromatic rings. The summed E-state index contributed by atoms with van der Waals surface area (Å²) < 4.78 is 10.7. The number of benzene rings is 2. The van der Waals surface area contributed by atoms with Crippen molar-refractivity contribution in [2.45, 2.75) is 26.2 Å². The Morgan fingerprint density at radius 2 is 1.89 bits per heavy atom. The molecule has 1 heterocycles. The summed E-state index contributed by atoms with van der Waals surface area (Å²) in [5, 5.41) is 15.3. The number of nitrogens with one attached hydrogen (secondary N) is 2. The van der Waals surface area contributed by atoms with Crippen molar-refractivity contribution in [3.8, 4) is 11.8 Å². The molecule has 1 aliphatic rings. The van der Waals surface area contributed by atoms with Gasteiger partial charge in [0.05, 0.1) is 31.1 Å². The molecule has 2 N–H and O–H groups in total. The molecule has 0 radical (unpaired) electrons. The second kappa shape index (κ2) is 12.6. The molecule has 36 heavy (non-hydrogen) atoms. The van der Waals surface area contributed by atoms with Crippen LogP contribution in [-0.4, -0.2) is 32.1 Å².